The molecule has 1 saturated heterocycles. The molecule has 0 saturated carbocycles. The highest BCUT2D eigenvalue weighted by Gasteiger charge is 2.33. The monoisotopic (exact) mass is 333 g/mol. The summed E-state index contributed by atoms with van der Waals surface area (Å²) in [4.78, 5) is 24.8. The Labute approximate surface area is 129 Å². The molecular weight excluding hydrogens is 318 g/mol. The molecule has 3 amide bonds. The van der Waals surface area contributed by atoms with E-state index >= 15 is 0 Å². The van der Waals surface area contributed by atoms with Crippen LogP contribution in [-0.2, 0) is 11.0 Å². The number of amides is 3. The Balaban J connectivity index is 2.08. The predicted octanol–water partition coefficient (Wildman–Crippen LogP) is 2.44. The minimum atomic E-state index is -4.63. The number of carbonyl (C=O) groups excluding carboxylic acids is 2. The standard InChI is InChI=1S/C14H15F4N3O2/c1-19-12(22)8-4-5-21(7-8)13(23)20-11-6-9(14(16,17)18)2-3-10(11)15/h2-3,6,8H,4-5,7H2,1H3,(H,19,22)(H,20,23). The van der Waals surface area contributed by atoms with Gasteiger partial charge in [-0.1, -0.05) is 0 Å². The van der Waals surface area contributed by atoms with Crippen molar-refractivity contribution in [3.63, 3.8) is 0 Å². The van der Waals surface area contributed by atoms with Gasteiger partial charge < -0.3 is 15.5 Å². The Hall–Kier alpha value is -2.32. The number of hydrogen-bond acceptors (Lipinski definition) is 2. The number of benzene rings is 1. The minimum absolute atomic E-state index is 0.131. The number of nitrogens with zero attached hydrogens (tertiary/aromatic N) is 1. The molecule has 0 radical (unpaired) electrons. The van der Waals surface area contributed by atoms with Crippen molar-refractivity contribution in [2.75, 3.05) is 25.5 Å². The Morgan fingerprint density at radius 3 is 2.61 bits per heavy atom. The smallest absolute Gasteiger partial charge is 0.359 e. The summed E-state index contributed by atoms with van der Waals surface area (Å²) in [7, 11) is 1.48. The molecule has 0 aromatic heterocycles. The Morgan fingerprint density at radius 1 is 1.30 bits per heavy atom. The van der Waals surface area contributed by atoms with E-state index in [4.69, 9.17) is 0 Å². The highest BCUT2D eigenvalue weighted by atomic mass is 19.4. The van der Waals surface area contributed by atoms with Crippen LogP contribution in [0.15, 0.2) is 18.2 Å². The Bertz CT molecular complexity index is 619. The van der Waals surface area contributed by atoms with Crippen molar-refractivity contribution in [2.24, 2.45) is 5.92 Å². The van der Waals surface area contributed by atoms with Crippen molar-refractivity contribution in [3.8, 4) is 0 Å². The predicted molar refractivity (Wildman–Crippen MR) is 74.2 cm³/mol. The van der Waals surface area contributed by atoms with Crippen molar-refractivity contribution < 1.29 is 27.2 Å². The zero-order valence-electron chi connectivity index (χ0n) is 12.2. The van der Waals surface area contributed by atoms with Crippen LogP contribution >= 0.6 is 0 Å². The molecule has 1 aliphatic heterocycles. The van der Waals surface area contributed by atoms with E-state index in [9.17, 15) is 27.2 Å². The van der Waals surface area contributed by atoms with Crippen LogP contribution in [0.3, 0.4) is 0 Å². The lowest BCUT2D eigenvalue weighted by atomic mass is 10.1. The number of likely N-dealkylation sites (tertiary alicyclic amines) is 1. The maximum Gasteiger partial charge on any atom is 0.416 e. The third-order valence-corrected chi connectivity index (χ3v) is 3.63. The molecule has 5 nitrogen and oxygen atoms in total. The highest BCUT2D eigenvalue weighted by Crippen LogP contribution is 2.32. The molecule has 0 spiro atoms. The van der Waals surface area contributed by atoms with E-state index in [0.717, 1.165) is 0 Å². The first kappa shape index (κ1) is 17.0. The highest BCUT2D eigenvalue weighted by molar-refractivity contribution is 5.90. The lowest BCUT2D eigenvalue weighted by Gasteiger charge is -2.18. The van der Waals surface area contributed by atoms with Crippen LogP contribution in [0.2, 0.25) is 0 Å². The molecule has 1 unspecified atom stereocenters. The first-order valence-corrected chi connectivity index (χ1v) is 6.86. The number of urea groups is 1. The van der Waals surface area contributed by atoms with Crippen LogP contribution in [-0.4, -0.2) is 37.0 Å². The van der Waals surface area contributed by atoms with Gasteiger partial charge in [0.05, 0.1) is 17.2 Å². The van der Waals surface area contributed by atoms with Gasteiger partial charge in [-0.2, -0.15) is 13.2 Å². The lowest BCUT2D eigenvalue weighted by Crippen LogP contribution is -2.35. The average molecular weight is 333 g/mol. The van der Waals surface area contributed by atoms with Crippen LogP contribution in [0.5, 0.6) is 0 Å². The molecule has 1 heterocycles. The summed E-state index contributed by atoms with van der Waals surface area (Å²) in [5.41, 5.74) is -1.60. The van der Waals surface area contributed by atoms with E-state index in [1.807, 2.05) is 0 Å². The van der Waals surface area contributed by atoms with Crippen LogP contribution in [0, 0.1) is 11.7 Å². The summed E-state index contributed by atoms with van der Waals surface area (Å²) < 4.78 is 51.5. The van der Waals surface area contributed by atoms with E-state index in [1.54, 1.807) is 0 Å². The third-order valence-electron chi connectivity index (χ3n) is 3.63. The van der Waals surface area contributed by atoms with Gasteiger partial charge in [0.2, 0.25) is 5.91 Å². The Kier molecular flexibility index (Phi) is 4.76. The zero-order chi connectivity index (χ0) is 17.2. The molecule has 2 N–H and O–H groups in total. The molecule has 1 atom stereocenters. The third kappa shape index (κ3) is 3.91. The van der Waals surface area contributed by atoms with Crippen molar-refractivity contribution in [1.82, 2.24) is 10.2 Å². The quantitative estimate of drug-likeness (QED) is 0.817. The van der Waals surface area contributed by atoms with Gasteiger partial charge in [-0.3, -0.25) is 4.79 Å². The summed E-state index contributed by atoms with van der Waals surface area (Å²) in [6, 6.07) is 1.05. The molecule has 1 aromatic carbocycles. The van der Waals surface area contributed by atoms with Gasteiger partial charge in [-0.05, 0) is 24.6 Å². The summed E-state index contributed by atoms with van der Waals surface area (Å²) in [6.45, 7) is 0.399. The van der Waals surface area contributed by atoms with E-state index < -0.39 is 29.3 Å². The van der Waals surface area contributed by atoms with Crippen molar-refractivity contribution in [2.45, 2.75) is 12.6 Å². The van der Waals surface area contributed by atoms with E-state index in [0.29, 0.717) is 24.6 Å². The second-order valence-corrected chi connectivity index (χ2v) is 5.17. The molecule has 9 heteroatoms. The van der Waals surface area contributed by atoms with Crippen molar-refractivity contribution in [3.05, 3.63) is 29.6 Å². The van der Waals surface area contributed by atoms with Gasteiger partial charge in [-0.25, -0.2) is 9.18 Å². The molecule has 1 fully saturated rings. The molecule has 1 aromatic rings. The number of rotatable bonds is 2. The summed E-state index contributed by atoms with van der Waals surface area (Å²) >= 11 is 0. The number of anilines is 1. The first-order chi connectivity index (χ1) is 10.7. The van der Waals surface area contributed by atoms with Crippen LogP contribution in [0.1, 0.15) is 12.0 Å². The van der Waals surface area contributed by atoms with Crippen LogP contribution in [0.4, 0.5) is 28.0 Å². The van der Waals surface area contributed by atoms with Gasteiger partial charge in [0, 0.05) is 20.1 Å². The molecule has 0 bridgehead atoms. The summed E-state index contributed by atoms with van der Waals surface area (Å²) in [6.07, 6.45) is -4.19. The normalized spacial score (nSPS) is 18.0. The number of alkyl halides is 3. The number of hydrogen-bond donors (Lipinski definition) is 2. The maximum absolute atomic E-state index is 13.6. The Morgan fingerprint density at radius 2 is 2.00 bits per heavy atom. The number of nitrogens with one attached hydrogen (secondary N) is 2. The molecule has 23 heavy (non-hydrogen) atoms. The van der Waals surface area contributed by atoms with Gasteiger partial charge in [0.15, 0.2) is 0 Å². The molecule has 0 aliphatic carbocycles. The van der Waals surface area contributed by atoms with Crippen molar-refractivity contribution in [1.29, 1.82) is 0 Å². The second-order valence-electron chi connectivity index (χ2n) is 5.17. The molecule has 1 aliphatic rings. The molecular formula is C14H15F4N3O2. The van der Waals surface area contributed by atoms with E-state index in [2.05, 4.69) is 10.6 Å². The topological polar surface area (TPSA) is 61.4 Å². The van der Waals surface area contributed by atoms with E-state index in [1.165, 1.54) is 11.9 Å². The van der Waals surface area contributed by atoms with Gasteiger partial charge in [-0.15, -0.1) is 0 Å². The van der Waals surface area contributed by atoms with Gasteiger partial charge >= 0.3 is 12.2 Å². The van der Waals surface area contributed by atoms with Crippen LogP contribution in [0.25, 0.3) is 0 Å². The van der Waals surface area contributed by atoms with Gasteiger partial charge in [0.25, 0.3) is 0 Å². The van der Waals surface area contributed by atoms with Gasteiger partial charge in [0.1, 0.15) is 5.82 Å². The largest absolute Gasteiger partial charge is 0.416 e. The number of halogens is 4. The average Bonchev–Trinajstić information content (AvgIpc) is 2.97. The lowest BCUT2D eigenvalue weighted by molar-refractivity contribution is -0.137. The summed E-state index contributed by atoms with van der Waals surface area (Å²) in [5, 5.41) is 4.59. The molecule has 2 rings (SSSR count). The first-order valence-electron chi connectivity index (χ1n) is 6.86. The zero-order valence-corrected chi connectivity index (χ0v) is 12.2. The van der Waals surface area contributed by atoms with Crippen LogP contribution < -0.4 is 10.6 Å². The summed E-state index contributed by atoms with van der Waals surface area (Å²) in [5.74, 6) is -1.56. The number of carbonyl (C=O) groups is 2. The fraction of sp³-hybridized carbons (Fsp3) is 0.429. The van der Waals surface area contributed by atoms with Crippen molar-refractivity contribution >= 4 is 17.6 Å². The minimum Gasteiger partial charge on any atom is -0.359 e. The molecule has 126 valence electrons. The fourth-order valence-corrected chi connectivity index (χ4v) is 2.35. The maximum atomic E-state index is 13.6. The fourth-order valence-electron chi connectivity index (χ4n) is 2.35. The van der Waals surface area contributed by atoms with E-state index in [-0.39, 0.29) is 24.9 Å². The SMILES string of the molecule is CNC(=O)C1CCN(C(=O)Nc2cc(C(F)(F)F)ccc2F)C1. The second kappa shape index (κ2) is 6.43.